The molecule has 0 spiro atoms. The van der Waals surface area contributed by atoms with Crippen LogP contribution in [0.15, 0.2) is 0 Å². The maximum Gasteiger partial charge on any atom is 0.306 e. The first kappa shape index (κ1) is 14.9. The molecule has 18 heavy (non-hydrogen) atoms. The van der Waals surface area contributed by atoms with E-state index in [0.29, 0.717) is 6.04 Å². The number of carbonyl (C=O) groups excluding carboxylic acids is 1. The van der Waals surface area contributed by atoms with E-state index in [9.17, 15) is 9.59 Å². The van der Waals surface area contributed by atoms with Crippen molar-refractivity contribution in [1.82, 2.24) is 10.6 Å². The first-order chi connectivity index (χ1) is 8.61. The maximum atomic E-state index is 11.5. The number of ether oxygens (including phenoxy) is 1. The lowest BCUT2D eigenvalue weighted by Gasteiger charge is -2.15. The Kier molecular flexibility index (Phi) is 6.67. The highest BCUT2D eigenvalue weighted by Crippen LogP contribution is 2.17. The number of aliphatic carboxylic acids is 1. The van der Waals surface area contributed by atoms with Gasteiger partial charge in [0.15, 0.2) is 0 Å². The monoisotopic (exact) mass is 258 g/mol. The number of carboxylic acids is 1. The van der Waals surface area contributed by atoms with Gasteiger partial charge in [0.25, 0.3) is 0 Å². The summed E-state index contributed by atoms with van der Waals surface area (Å²) in [6, 6.07) is 0.452. The lowest BCUT2D eigenvalue weighted by molar-refractivity contribution is -0.140. The Hall–Kier alpha value is -1.14. The number of carbonyl (C=O) groups is 2. The molecule has 0 aliphatic heterocycles. The molecule has 1 saturated carbocycles. The zero-order valence-corrected chi connectivity index (χ0v) is 10.8. The van der Waals surface area contributed by atoms with Crippen molar-refractivity contribution in [3.63, 3.8) is 0 Å². The van der Waals surface area contributed by atoms with Crippen LogP contribution in [0.2, 0.25) is 0 Å². The summed E-state index contributed by atoms with van der Waals surface area (Å²) in [5.41, 5.74) is 0. The maximum absolute atomic E-state index is 11.5. The third-order valence-electron chi connectivity index (χ3n) is 3.17. The zero-order chi connectivity index (χ0) is 13.4. The molecule has 1 amide bonds. The Morgan fingerprint density at radius 2 is 2.06 bits per heavy atom. The number of amides is 1. The van der Waals surface area contributed by atoms with Crippen LogP contribution in [0.5, 0.6) is 0 Å². The fourth-order valence-corrected chi connectivity index (χ4v) is 2.09. The van der Waals surface area contributed by atoms with Crippen LogP contribution in [0.4, 0.5) is 0 Å². The molecule has 6 heteroatoms. The predicted molar refractivity (Wildman–Crippen MR) is 66.3 cm³/mol. The van der Waals surface area contributed by atoms with Gasteiger partial charge in [-0.1, -0.05) is 12.8 Å². The van der Waals surface area contributed by atoms with E-state index in [0.717, 1.165) is 12.8 Å². The van der Waals surface area contributed by atoms with Gasteiger partial charge in [-0.05, 0) is 12.8 Å². The van der Waals surface area contributed by atoms with Crippen LogP contribution in [0.3, 0.4) is 0 Å². The van der Waals surface area contributed by atoms with E-state index in [2.05, 4.69) is 10.6 Å². The van der Waals surface area contributed by atoms with Gasteiger partial charge in [0, 0.05) is 19.7 Å². The van der Waals surface area contributed by atoms with Crippen LogP contribution in [-0.4, -0.2) is 49.3 Å². The summed E-state index contributed by atoms with van der Waals surface area (Å²) in [6.45, 7) is 0.516. The second-order valence-corrected chi connectivity index (χ2v) is 4.62. The third-order valence-corrected chi connectivity index (χ3v) is 3.17. The van der Waals surface area contributed by atoms with Gasteiger partial charge in [-0.15, -0.1) is 0 Å². The summed E-state index contributed by atoms with van der Waals surface area (Å²) in [5.74, 6) is -1.05. The van der Waals surface area contributed by atoms with E-state index in [1.165, 1.54) is 20.0 Å². The molecule has 1 aliphatic carbocycles. The minimum absolute atomic E-state index is 0.104. The number of carboxylic acid groups (broad SMARTS) is 1. The molecule has 0 bridgehead atoms. The second kappa shape index (κ2) is 8.05. The summed E-state index contributed by atoms with van der Waals surface area (Å²) in [7, 11) is 1.44. The molecule has 0 radical (unpaired) electrons. The van der Waals surface area contributed by atoms with Gasteiger partial charge in [-0.3, -0.25) is 9.59 Å². The van der Waals surface area contributed by atoms with Crippen molar-refractivity contribution in [3.05, 3.63) is 0 Å². The van der Waals surface area contributed by atoms with Gasteiger partial charge in [-0.25, -0.2) is 0 Å². The molecule has 0 saturated heterocycles. The van der Waals surface area contributed by atoms with Crippen LogP contribution < -0.4 is 10.6 Å². The first-order valence-corrected chi connectivity index (χ1v) is 6.36. The minimum Gasteiger partial charge on any atom is -0.481 e. The molecule has 1 atom stereocenters. The van der Waals surface area contributed by atoms with Crippen LogP contribution >= 0.6 is 0 Å². The van der Waals surface area contributed by atoms with Crippen LogP contribution in [0.1, 0.15) is 32.1 Å². The molecule has 3 N–H and O–H groups in total. The van der Waals surface area contributed by atoms with Gasteiger partial charge in [0.2, 0.25) is 5.91 Å². The molecule has 0 heterocycles. The average Bonchev–Trinajstić information content (AvgIpc) is 2.84. The fraction of sp³-hybridized carbons (Fsp3) is 0.833. The van der Waals surface area contributed by atoms with Gasteiger partial charge in [0.1, 0.15) is 0 Å². The van der Waals surface area contributed by atoms with E-state index in [1.54, 1.807) is 0 Å². The van der Waals surface area contributed by atoms with E-state index in [1.807, 2.05) is 0 Å². The van der Waals surface area contributed by atoms with Crippen molar-refractivity contribution < 1.29 is 19.4 Å². The largest absolute Gasteiger partial charge is 0.481 e. The molecule has 0 aromatic carbocycles. The summed E-state index contributed by atoms with van der Waals surface area (Å²) in [5, 5.41) is 14.5. The molecule has 1 rings (SSSR count). The fourth-order valence-electron chi connectivity index (χ4n) is 2.09. The molecule has 1 aliphatic rings. The highest BCUT2D eigenvalue weighted by atomic mass is 16.5. The van der Waals surface area contributed by atoms with E-state index in [-0.39, 0.29) is 25.4 Å². The Bertz CT molecular complexity index is 277. The van der Waals surface area contributed by atoms with E-state index < -0.39 is 12.1 Å². The highest BCUT2D eigenvalue weighted by molar-refractivity contribution is 5.78. The molecule has 1 unspecified atom stereocenters. The Labute approximate surface area is 107 Å². The summed E-state index contributed by atoms with van der Waals surface area (Å²) in [6.07, 6.45) is 4.14. The van der Waals surface area contributed by atoms with Crippen LogP contribution in [0, 0.1) is 0 Å². The van der Waals surface area contributed by atoms with Crippen molar-refractivity contribution in [3.8, 4) is 0 Å². The lowest BCUT2D eigenvalue weighted by Crippen LogP contribution is -2.41. The van der Waals surface area contributed by atoms with Crippen LogP contribution in [0.25, 0.3) is 0 Å². The van der Waals surface area contributed by atoms with E-state index >= 15 is 0 Å². The number of methoxy groups -OCH3 is 1. The zero-order valence-electron chi connectivity index (χ0n) is 10.8. The van der Waals surface area contributed by atoms with Gasteiger partial charge < -0.3 is 20.5 Å². The van der Waals surface area contributed by atoms with Crippen molar-refractivity contribution in [1.29, 1.82) is 0 Å². The van der Waals surface area contributed by atoms with Crippen molar-refractivity contribution in [2.24, 2.45) is 0 Å². The molecule has 0 aromatic rings. The number of hydrogen-bond acceptors (Lipinski definition) is 4. The normalized spacial score (nSPS) is 17.6. The topological polar surface area (TPSA) is 87.7 Å². The third kappa shape index (κ3) is 5.97. The molecule has 1 fully saturated rings. The molecule has 0 aromatic heterocycles. The SMILES string of the molecule is COC(CNC(=O)CNC1CCCC1)CC(=O)O. The van der Waals surface area contributed by atoms with Crippen molar-refractivity contribution >= 4 is 11.9 Å². The quantitative estimate of drug-likeness (QED) is 0.576. The van der Waals surface area contributed by atoms with Gasteiger partial charge in [0.05, 0.1) is 19.1 Å². The van der Waals surface area contributed by atoms with Crippen LogP contribution in [-0.2, 0) is 14.3 Å². The lowest BCUT2D eigenvalue weighted by atomic mass is 10.2. The summed E-state index contributed by atoms with van der Waals surface area (Å²) >= 11 is 0. The molecule has 104 valence electrons. The minimum atomic E-state index is -0.930. The highest BCUT2D eigenvalue weighted by Gasteiger charge is 2.16. The van der Waals surface area contributed by atoms with E-state index in [4.69, 9.17) is 9.84 Å². The first-order valence-electron chi connectivity index (χ1n) is 6.36. The number of nitrogens with one attached hydrogen (secondary N) is 2. The Balaban J connectivity index is 2.12. The predicted octanol–water partition coefficient (Wildman–Crippen LogP) is 0.125. The van der Waals surface area contributed by atoms with Gasteiger partial charge >= 0.3 is 5.97 Å². The second-order valence-electron chi connectivity index (χ2n) is 4.62. The standard InChI is InChI=1S/C12H22N2O4/c1-18-10(6-12(16)17)7-14-11(15)8-13-9-4-2-3-5-9/h9-10,13H,2-8H2,1H3,(H,14,15)(H,16,17). The average molecular weight is 258 g/mol. The molecular formula is C12H22N2O4. The Morgan fingerprint density at radius 1 is 1.39 bits per heavy atom. The smallest absolute Gasteiger partial charge is 0.306 e. The molecular weight excluding hydrogens is 236 g/mol. The summed E-state index contributed by atoms with van der Waals surface area (Å²) in [4.78, 5) is 22.0. The van der Waals surface area contributed by atoms with Gasteiger partial charge in [-0.2, -0.15) is 0 Å². The number of hydrogen-bond donors (Lipinski definition) is 3. The van der Waals surface area contributed by atoms with Crippen molar-refractivity contribution in [2.45, 2.75) is 44.2 Å². The Morgan fingerprint density at radius 3 is 2.61 bits per heavy atom. The molecule has 6 nitrogen and oxygen atoms in total. The van der Waals surface area contributed by atoms with Crippen molar-refractivity contribution in [2.75, 3.05) is 20.2 Å². The summed E-state index contributed by atoms with van der Waals surface area (Å²) < 4.78 is 4.97. The number of rotatable bonds is 8.